The van der Waals surface area contributed by atoms with Crippen LogP contribution in [0.25, 0.3) is 4.85 Å². The van der Waals surface area contributed by atoms with Crippen molar-refractivity contribution in [2.45, 2.75) is 19.3 Å². The summed E-state index contributed by atoms with van der Waals surface area (Å²) in [5.41, 5.74) is 3.67. The number of hydrogen-bond acceptors (Lipinski definition) is 10. The molecular formula is C39H38LiN5O7. The summed E-state index contributed by atoms with van der Waals surface area (Å²) in [5.74, 6) is 1.16. The monoisotopic (exact) mass is 695 g/mol. The Balaban J connectivity index is 0.000000330. The van der Waals surface area contributed by atoms with E-state index in [1.807, 2.05) is 74.8 Å². The normalized spacial score (nSPS) is 12.1. The van der Waals surface area contributed by atoms with Crippen molar-refractivity contribution < 1.29 is 52.1 Å². The molecule has 0 amide bonds. The zero-order valence-electron chi connectivity index (χ0n) is 30.0. The standard InChI is InChI=1S/C19H22N2O4.C18H14N2O3.C2H2N.Li/c1-21(2)13-20-16-11-17(23-3)18(10-15(16)19(22)24-4)25-12-14-8-6-5-7-9-14;1-19-15-10-20-14-9-16(22-2)17(8-13(14)18(15)21)23-11-12-6-4-3-5-7-12;1-2-3;/h5-11,13H,12H2,1-4H3;3-10,15H,11H2,2H3;1H2;/q;;-1;+1. The molecule has 52 heavy (non-hydrogen) atoms. The van der Waals surface area contributed by atoms with Crippen LogP contribution >= 0.6 is 0 Å². The largest absolute Gasteiger partial charge is 1.00 e. The number of ether oxygens (including phenoxy) is 5. The van der Waals surface area contributed by atoms with Crippen molar-refractivity contribution in [3.63, 3.8) is 0 Å². The fraction of sp³-hybridized carbons (Fsp3) is 0.205. The molecule has 1 unspecified atom stereocenters. The van der Waals surface area contributed by atoms with Gasteiger partial charge < -0.3 is 35.5 Å². The SMILES string of the molecule is COC(=O)c1cc(OCc2ccccc2)c(OC)cc1N=CN(C)C.[C-]#[N+]C1C=Nc2cc(OC)c(OCc3ccccc3)cc2C1=O.[CH2-]C#N.[Li+]. The van der Waals surface area contributed by atoms with Crippen LogP contribution in [0.3, 0.4) is 0 Å². The first kappa shape index (κ1) is 42.0. The number of methoxy groups -OCH3 is 3. The first-order valence-electron chi connectivity index (χ1n) is 15.4. The Morgan fingerprint density at radius 3 is 1.92 bits per heavy atom. The van der Waals surface area contributed by atoms with E-state index < -0.39 is 12.0 Å². The molecule has 0 fully saturated rings. The molecule has 1 aliphatic rings. The van der Waals surface area contributed by atoms with Gasteiger partial charge in [-0.3, -0.25) is 14.6 Å². The van der Waals surface area contributed by atoms with Gasteiger partial charge in [-0.25, -0.2) is 21.6 Å². The van der Waals surface area contributed by atoms with Gasteiger partial charge in [0.25, 0.3) is 5.78 Å². The minimum Gasteiger partial charge on any atom is -0.493 e. The molecule has 4 aromatic carbocycles. The van der Waals surface area contributed by atoms with E-state index in [0.29, 0.717) is 58.7 Å². The maximum absolute atomic E-state index is 12.3. The summed E-state index contributed by atoms with van der Waals surface area (Å²) in [6.45, 7) is 10.6. The second kappa shape index (κ2) is 21.8. The van der Waals surface area contributed by atoms with Crippen molar-refractivity contribution in [1.82, 2.24) is 4.90 Å². The summed E-state index contributed by atoms with van der Waals surface area (Å²) < 4.78 is 27.2. The number of hydrogen-bond donors (Lipinski definition) is 0. The zero-order valence-corrected chi connectivity index (χ0v) is 30.0. The van der Waals surface area contributed by atoms with Crippen LogP contribution in [-0.4, -0.2) is 70.7 Å². The van der Waals surface area contributed by atoms with Crippen molar-refractivity contribution in [2.24, 2.45) is 9.98 Å². The summed E-state index contributed by atoms with van der Waals surface area (Å²) in [4.78, 5) is 37.9. The maximum atomic E-state index is 12.3. The van der Waals surface area contributed by atoms with Crippen molar-refractivity contribution in [2.75, 3.05) is 35.4 Å². The molecule has 0 saturated heterocycles. The van der Waals surface area contributed by atoms with Crippen LogP contribution in [0, 0.1) is 24.8 Å². The third-order valence-corrected chi connectivity index (χ3v) is 6.90. The van der Waals surface area contributed by atoms with E-state index in [1.165, 1.54) is 26.5 Å². The second-order valence-electron chi connectivity index (χ2n) is 10.7. The fourth-order valence-electron chi connectivity index (χ4n) is 4.45. The molecule has 1 heterocycles. The molecule has 0 saturated carbocycles. The second-order valence-corrected chi connectivity index (χ2v) is 10.7. The zero-order chi connectivity index (χ0) is 37.2. The van der Waals surface area contributed by atoms with Gasteiger partial charge in [0.1, 0.15) is 13.2 Å². The molecule has 262 valence electrons. The van der Waals surface area contributed by atoms with E-state index in [-0.39, 0.29) is 24.6 Å². The van der Waals surface area contributed by atoms with Gasteiger partial charge in [-0.15, -0.1) is 6.07 Å². The van der Waals surface area contributed by atoms with Crippen LogP contribution in [0.4, 0.5) is 11.4 Å². The number of aliphatic imine (C=N–C) groups is 2. The van der Waals surface area contributed by atoms with Gasteiger partial charge in [-0.05, 0) is 17.2 Å². The number of carbonyl (C=O) groups excluding carboxylic acids is 2. The van der Waals surface area contributed by atoms with Crippen LogP contribution < -0.4 is 37.8 Å². The van der Waals surface area contributed by atoms with Crippen molar-refractivity contribution in [1.29, 1.82) is 5.26 Å². The fourth-order valence-corrected chi connectivity index (χ4v) is 4.45. The topological polar surface area (TPSA) is 136 Å². The quantitative estimate of drug-likeness (QED) is 0.0748. The van der Waals surface area contributed by atoms with Gasteiger partial charge >= 0.3 is 30.9 Å². The van der Waals surface area contributed by atoms with Crippen LogP contribution in [0.15, 0.2) is 94.9 Å². The molecule has 0 aliphatic carbocycles. The van der Waals surface area contributed by atoms with Gasteiger partial charge in [0.05, 0.1) is 56.4 Å². The molecule has 0 bridgehead atoms. The summed E-state index contributed by atoms with van der Waals surface area (Å²) in [6.07, 6.45) is 2.97. The molecule has 12 nitrogen and oxygen atoms in total. The van der Waals surface area contributed by atoms with Gasteiger partial charge in [0.2, 0.25) is 0 Å². The van der Waals surface area contributed by atoms with E-state index in [2.05, 4.69) is 21.8 Å². The smallest absolute Gasteiger partial charge is 0.493 e. The number of Topliss-reactive ketones (excluding diaryl/α,β-unsaturated/α-hetero) is 1. The molecule has 1 atom stereocenters. The Kier molecular flexibility index (Phi) is 17.6. The number of rotatable bonds is 11. The third kappa shape index (κ3) is 12.0. The molecular weight excluding hydrogens is 657 g/mol. The minimum absolute atomic E-state index is 0. The van der Waals surface area contributed by atoms with Crippen LogP contribution in [0.1, 0.15) is 31.8 Å². The van der Waals surface area contributed by atoms with Crippen LogP contribution in [-0.2, 0) is 18.0 Å². The van der Waals surface area contributed by atoms with E-state index in [0.717, 1.165) is 11.1 Å². The Labute approximate surface area is 316 Å². The van der Waals surface area contributed by atoms with Crippen LogP contribution in [0.5, 0.6) is 23.0 Å². The minimum atomic E-state index is -0.863. The first-order valence-corrected chi connectivity index (χ1v) is 15.4. The molecule has 1 aliphatic heterocycles. The van der Waals surface area contributed by atoms with E-state index >= 15 is 0 Å². The summed E-state index contributed by atoms with van der Waals surface area (Å²) in [5, 5.41) is 7.21. The first-order chi connectivity index (χ1) is 24.7. The number of ketones is 1. The molecule has 0 radical (unpaired) electrons. The summed E-state index contributed by atoms with van der Waals surface area (Å²) in [6, 6.07) is 26.6. The van der Waals surface area contributed by atoms with Crippen LogP contribution in [0.2, 0.25) is 0 Å². The number of benzene rings is 4. The van der Waals surface area contributed by atoms with Gasteiger partial charge in [-0.1, -0.05) is 60.7 Å². The Bertz CT molecular complexity index is 1920. The molecule has 0 N–H and O–H groups in total. The molecule has 4 aromatic rings. The molecule has 13 heteroatoms. The van der Waals surface area contributed by atoms with Crippen molar-refractivity contribution in [3.05, 3.63) is 126 Å². The predicted molar refractivity (Wildman–Crippen MR) is 195 cm³/mol. The van der Waals surface area contributed by atoms with Gasteiger partial charge in [0, 0.05) is 32.3 Å². The number of nitrogens with zero attached hydrogens (tertiary/aromatic N) is 5. The Hall–Kier alpha value is -6.19. The molecule has 0 aromatic heterocycles. The average Bonchev–Trinajstić information content (AvgIpc) is 3.16. The average molecular weight is 696 g/mol. The number of fused-ring (bicyclic) bond motifs is 1. The van der Waals surface area contributed by atoms with Crippen molar-refractivity contribution >= 4 is 35.7 Å². The van der Waals surface area contributed by atoms with Gasteiger partial charge in [-0.2, -0.15) is 0 Å². The number of esters is 1. The molecule has 0 spiro atoms. The van der Waals surface area contributed by atoms with E-state index in [9.17, 15) is 9.59 Å². The summed E-state index contributed by atoms with van der Waals surface area (Å²) in [7, 11) is 8.09. The Morgan fingerprint density at radius 2 is 1.44 bits per heavy atom. The maximum Gasteiger partial charge on any atom is 1.00 e. The summed E-state index contributed by atoms with van der Waals surface area (Å²) >= 11 is 0. The number of nitriles is 1. The Morgan fingerprint density at radius 1 is 0.923 bits per heavy atom. The predicted octanol–water partition coefficient (Wildman–Crippen LogP) is 4.09. The van der Waals surface area contributed by atoms with E-state index in [1.54, 1.807) is 42.6 Å². The van der Waals surface area contributed by atoms with Crippen molar-refractivity contribution in [3.8, 4) is 29.1 Å². The third-order valence-electron chi connectivity index (χ3n) is 6.90. The number of carbonyl (C=O) groups is 2. The van der Waals surface area contributed by atoms with E-state index in [4.69, 9.17) is 35.5 Å². The van der Waals surface area contributed by atoms with Gasteiger partial charge in [0.15, 0.2) is 23.0 Å². The molecule has 5 rings (SSSR count).